The molecule has 0 saturated carbocycles. The number of piperidine rings is 3. The van der Waals surface area contributed by atoms with Gasteiger partial charge in [0.1, 0.15) is 34.1 Å². The minimum absolute atomic E-state index is 0.0184. The van der Waals surface area contributed by atoms with E-state index in [4.69, 9.17) is 68.1 Å². The van der Waals surface area contributed by atoms with Gasteiger partial charge in [0, 0.05) is 75.7 Å². The van der Waals surface area contributed by atoms with Crippen molar-refractivity contribution in [1.29, 1.82) is 0 Å². The quantitative estimate of drug-likeness (QED) is 0.0437. The fraction of sp³-hybridized carbons (Fsp3) is 0.480. The molecule has 0 radical (unpaired) electrons. The van der Waals surface area contributed by atoms with E-state index in [-0.39, 0.29) is 113 Å². The number of benzene rings is 3. The van der Waals surface area contributed by atoms with Gasteiger partial charge in [-0.05, 0) is 175 Å². The number of hydrogen-bond acceptors (Lipinski definition) is 21. The molecule has 104 heavy (non-hydrogen) atoms. The predicted octanol–water partition coefficient (Wildman–Crippen LogP) is 13.1. The second kappa shape index (κ2) is 44.8. The maximum atomic E-state index is 12.9. The van der Waals surface area contributed by atoms with Gasteiger partial charge < -0.3 is 63.8 Å². The first-order chi connectivity index (χ1) is 49.9. The first-order valence-electron chi connectivity index (χ1n) is 34.9. The topological polar surface area (TPSA) is 340 Å². The maximum Gasteiger partial charge on any atom is 0.342 e. The van der Waals surface area contributed by atoms with Gasteiger partial charge in [0.2, 0.25) is 0 Å². The summed E-state index contributed by atoms with van der Waals surface area (Å²) in [6, 6.07) is 3.91. The molecule has 566 valence electrons. The molecular weight excluding hydrogens is 1430 g/mol. The average molecular weight is 1520 g/mol. The van der Waals surface area contributed by atoms with Crippen LogP contribution in [0.25, 0.3) is 0 Å². The number of hydrogen-bond donors (Lipinski definition) is 5. The van der Waals surface area contributed by atoms with Gasteiger partial charge >= 0.3 is 17.9 Å². The number of oxime groups is 3. The van der Waals surface area contributed by atoms with Crippen molar-refractivity contribution in [3.63, 3.8) is 0 Å². The molecule has 3 amide bonds. The van der Waals surface area contributed by atoms with Crippen LogP contribution in [0.5, 0.6) is 23.0 Å². The summed E-state index contributed by atoms with van der Waals surface area (Å²) in [6.45, 7) is 8.32. The lowest BCUT2D eigenvalue weighted by molar-refractivity contribution is -0.137. The zero-order valence-corrected chi connectivity index (χ0v) is 62.3. The predicted molar refractivity (Wildman–Crippen MR) is 398 cm³/mol. The van der Waals surface area contributed by atoms with Gasteiger partial charge in [0.25, 0.3) is 27.8 Å². The molecule has 25 nitrogen and oxygen atoms in total. The van der Waals surface area contributed by atoms with Crippen molar-refractivity contribution in [2.45, 2.75) is 149 Å². The number of amides is 3. The molecule has 0 aromatic heterocycles. The van der Waals surface area contributed by atoms with Crippen molar-refractivity contribution >= 4 is 97.7 Å². The van der Waals surface area contributed by atoms with E-state index in [1.165, 1.54) is 0 Å². The maximum absolute atomic E-state index is 12.9. The number of cyclic esters (lactones) is 3. The lowest BCUT2D eigenvalue weighted by Crippen LogP contribution is -2.37. The largest absolute Gasteiger partial charge is 0.507 e. The number of halogens is 3. The molecule has 0 spiro atoms. The van der Waals surface area contributed by atoms with Gasteiger partial charge in [0.05, 0.1) is 58.8 Å². The van der Waals surface area contributed by atoms with Gasteiger partial charge in [0.15, 0.2) is 19.8 Å². The summed E-state index contributed by atoms with van der Waals surface area (Å²) in [5, 5.41) is 53.7. The number of phenols is 4. The number of aromatic hydroxyl groups is 4. The molecule has 3 aromatic carbocycles. The number of carbonyl (C=O) groups excluding carboxylic acids is 6. The van der Waals surface area contributed by atoms with Crippen molar-refractivity contribution < 1.29 is 90.9 Å². The smallest absolute Gasteiger partial charge is 0.342 e. The zero-order valence-electron chi connectivity index (χ0n) is 59.2. The number of phenolic OH excluding ortho intramolecular Hbond substituents is 4. The molecule has 6 heterocycles. The Morgan fingerprint density at radius 3 is 1.02 bits per heavy atom. The Morgan fingerprint density at radius 2 is 0.702 bits per heavy atom. The van der Waals surface area contributed by atoms with Gasteiger partial charge in [-0.3, -0.25) is 18.9 Å². The van der Waals surface area contributed by atoms with E-state index >= 15 is 0 Å². The summed E-state index contributed by atoms with van der Waals surface area (Å²) in [7, 11) is -3.67. The number of ether oxygens (including phenoxy) is 3. The van der Waals surface area contributed by atoms with E-state index in [2.05, 4.69) is 21.5 Å². The van der Waals surface area contributed by atoms with E-state index in [0.717, 1.165) is 159 Å². The fourth-order valence-corrected chi connectivity index (χ4v) is 12.2. The second-order valence-corrected chi connectivity index (χ2v) is 27.7. The first-order valence-corrected chi connectivity index (χ1v) is 37.9. The number of nitrogens with zero attached hydrogens (tertiary/aromatic N) is 6. The Bertz CT molecular complexity index is 3480. The highest BCUT2D eigenvalue weighted by Gasteiger charge is 2.28. The molecule has 0 unspecified atom stereocenters. The van der Waals surface area contributed by atoms with E-state index in [1.54, 1.807) is 22.0 Å². The molecule has 0 bridgehead atoms. The van der Waals surface area contributed by atoms with Crippen molar-refractivity contribution in [2.24, 2.45) is 15.5 Å². The van der Waals surface area contributed by atoms with E-state index in [9.17, 15) is 57.6 Å². The normalized spacial score (nSPS) is 20.5. The minimum Gasteiger partial charge on any atom is -0.507 e. The number of carbonyl (C=O) groups is 6. The Kier molecular flexibility index (Phi) is 36.3. The molecule has 0 atom stereocenters. The third-order valence-corrected chi connectivity index (χ3v) is 18.2. The third-order valence-electron chi connectivity index (χ3n) is 16.8. The third kappa shape index (κ3) is 29.1. The van der Waals surface area contributed by atoms with Gasteiger partial charge in [-0.15, -0.1) is 0 Å². The summed E-state index contributed by atoms with van der Waals surface area (Å²) in [4.78, 5) is 96.9. The van der Waals surface area contributed by atoms with Crippen LogP contribution in [-0.2, 0) is 72.5 Å². The van der Waals surface area contributed by atoms with E-state index in [0.29, 0.717) is 71.8 Å². The van der Waals surface area contributed by atoms with Gasteiger partial charge in [-0.1, -0.05) is 111 Å². The van der Waals surface area contributed by atoms with Gasteiger partial charge in [-0.25, -0.2) is 14.4 Å². The summed E-state index contributed by atoms with van der Waals surface area (Å²) >= 11 is 19.2. The molecule has 29 heteroatoms. The number of likely N-dealkylation sites (tertiary alicyclic amines) is 3. The summed E-state index contributed by atoms with van der Waals surface area (Å²) in [5.41, 5.74) is 4.25. The fourth-order valence-electron chi connectivity index (χ4n) is 11.6. The molecule has 0 aliphatic carbocycles. The second-order valence-electron chi connectivity index (χ2n) is 25.1. The molecule has 3 fully saturated rings. The molecule has 6 aliphatic heterocycles. The number of fused-ring (bicyclic) bond motifs is 3. The number of aryl methyl sites for hydroxylation is 2. The van der Waals surface area contributed by atoms with Crippen LogP contribution < -0.4 is 0 Å². The lowest BCUT2D eigenvalue weighted by atomic mass is 9.94. The van der Waals surface area contributed by atoms with Crippen LogP contribution in [0.1, 0.15) is 174 Å². The summed E-state index contributed by atoms with van der Waals surface area (Å²) in [6.07, 6.45) is 40.0. The first kappa shape index (κ1) is 84.2. The highest BCUT2D eigenvalue weighted by Crippen LogP contribution is 2.39. The van der Waals surface area contributed by atoms with Crippen LogP contribution in [0.3, 0.4) is 0 Å². The molecule has 3 saturated heterocycles. The van der Waals surface area contributed by atoms with Crippen molar-refractivity contribution in [1.82, 2.24) is 14.7 Å². The molecular formula is C75H95Cl3N6O19S. The Labute approximate surface area is 622 Å². The number of rotatable bonds is 9. The van der Waals surface area contributed by atoms with Crippen molar-refractivity contribution in [2.75, 3.05) is 85.2 Å². The Hall–Kier alpha value is -8.69. The van der Waals surface area contributed by atoms with Crippen LogP contribution in [0.2, 0.25) is 15.1 Å². The standard InChI is InChI=1S/C26H33ClN2O4.2C24H29ClN2O6.CH4O3S/c1-19-16-20(2)25(27)22-17-21(28-33-18-23(30)29-13-9-7-10-14-29)12-8-5-3-4-6-11-15-32-26(31)24(19)22;2*25-23-18-14-17(26-33-16-21(30)27-11-7-5-8-12-27)10-6-3-1-2-4-9-13-32-24(31)22(18)19(28)15-20(23)29;1-5(2,3)4/h4,6,8,12,16H,3,5,7,9-11,13-15,17-18H2,1-2H3;2*2,4,6,10,15,28-29H,1,3,5,7-9,11-14,16H2;1H3,(H,2,3,4)/b6-4+,12-8+,28-21?;4-2+,10-6+,26-17?;4-2+,10-6+,26-17-;. The van der Waals surface area contributed by atoms with Crippen LogP contribution in [0, 0.1) is 13.8 Å². The summed E-state index contributed by atoms with van der Waals surface area (Å²) in [5.74, 6) is -3.82. The van der Waals surface area contributed by atoms with Crippen molar-refractivity contribution in [3.05, 3.63) is 151 Å². The van der Waals surface area contributed by atoms with Gasteiger partial charge in [-0.2, -0.15) is 8.42 Å². The molecule has 9 rings (SSSR count). The summed E-state index contributed by atoms with van der Waals surface area (Å²) < 4.78 is 41.9. The zero-order chi connectivity index (χ0) is 75.4. The Balaban J connectivity index is 0.000000237. The lowest BCUT2D eigenvalue weighted by Gasteiger charge is -2.26. The van der Waals surface area contributed by atoms with Crippen LogP contribution >= 0.6 is 34.8 Å². The van der Waals surface area contributed by atoms with E-state index < -0.39 is 33.6 Å². The van der Waals surface area contributed by atoms with Crippen LogP contribution in [-0.4, -0.2) is 186 Å². The highest BCUT2D eigenvalue weighted by molar-refractivity contribution is 7.85. The molecule has 3 aromatic rings. The molecule has 5 N–H and O–H groups in total. The highest BCUT2D eigenvalue weighted by atomic mass is 35.5. The van der Waals surface area contributed by atoms with Crippen LogP contribution in [0.4, 0.5) is 0 Å². The SMILES string of the molecule is CS(=O)(=O)O.Cc1cc(C)c2c(c1Cl)CC(=NOCC(=O)N1CCCCC1)/C=C/CC/C=C/CCOC2=O.O=C1OCC/C=C/CC/C=C/C(=N/OCC(=O)N2CCCCC2)Cc2c(Cl)c(O)cc(O)c21.O=C1OCC/C=C/CC/C=C/C(=NOCC(=O)N2CCCCC2)Cc2c(Cl)c(O)cc(O)c21. The molecule has 6 aliphatic rings. The average Bonchev–Trinajstić information content (AvgIpc) is 0.809. The minimum atomic E-state index is -3.67. The number of esters is 3. The Morgan fingerprint density at radius 1 is 0.423 bits per heavy atom. The van der Waals surface area contributed by atoms with Crippen molar-refractivity contribution in [3.8, 4) is 23.0 Å². The monoisotopic (exact) mass is 1520 g/mol. The number of allylic oxidation sites excluding steroid dienone is 9. The van der Waals surface area contributed by atoms with E-state index in [1.807, 2.05) is 79.5 Å². The van der Waals surface area contributed by atoms with Crippen LogP contribution in [0.15, 0.2) is 107 Å².